The van der Waals surface area contributed by atoms with Crippen molar-refractivity contribution in [3.63, 3.8) is 0 Å². The van der Waals surface area contributed by atoms with E-state index in [-0.39, 0.29) is 48.8 Å². The first-order chi connectivity index (χ1) is 18.1. The standard InChI is InChI=1S/C32H52N2O6/c1-21(2)27(37)33-29(5,6)17-23(18-30(33,7)8)39-25(35)15-13-14-16-26(36)40-24-19-31(9,10)34(28(38)22(3)4)32(11,12)20-24/h23-24H,1,3,13-20H2,2,4-12H3. The van der Waals surface area contributed by atoms with Crippen molar-refractivity contribution in [3.8, 4) is 0 Å². The number of unbranched alkanes of at least 4 members (excludes halogenated alkanes) is 1. The van der Waals surface area contributed by atoms with E-state index in [1.54, 1.807) is 13.8 Å². The number of amides is 2. The molecule has 0 aromatic heterocycles. The molecule has 2 rings (SSSR count). The second kappa shape index (κ2) is 12.1. The second-order valence-corrected chi connectivity index (χ2v) is 14.3. The van der Waals surface area contributed by atoms with Crippen LogP contribution in [-0.4, -0.2) is 67.9 Å². The van der Waals surface area contributed by atoms with Crippen molar-refractivity contribution in [1.29, 1.82) is 0 Å². The van der Waals surface area contributed by atoms with E-state index in [0.29, 0.717) is 49.7 Å². The van der Waals surface area contributed by atoms with E-state index in [1.807, 2.05) is 65.2 Å². The number of hydrogen-bond donors (Lipinski definition) is 0. The van der Waals surface area contributed by atoms with Gasteiger partial charge in [0.25, 0.3) is 0 Å². The third-order valence-electron chi connectivity index (χ3n) is 8.07. The molecule has 2 aliphatic heterocycles. The van der Waals surface area contributed by atoms with Gasteiger partial charge in [-0.2, -0.15) is 0 Å². The topological polar surface area (TPSA) is 93.2 Å². The lowest BCUT2D eigenvalue weighted by Crippen LogP contribution is -2.64. The van der Waals surface area contributed by atoms with Crippen molar-refractivity contribution < 1.29 is 28.7 Å². The summed E-state index contributed by atoms with van der Waals surface area (Å²) in [4.78, 5) is 54.6. The SMILES string of the molecule is C=C(C)C(=O)N1C(C)(C)CC(OC(=O)CCCCC(=O)OC2CC(C)(C)N(C(=O)C(=C)C)C(C)(C)C2)CC1(C)C. The molecule has 0 unspecified atom stereocenters. The van der Waals surface area contributed by atoms with Crippen LogP contribution < -0.4 is 0 Å². The van der Waals surface area contributed by atoms with Gasteiger partial charge >= 0.3 is 11.9 Å². The minimum Gasteiger partial charge on any atom is -0.462 e. The molecule has 226 valence electrons. The van der Waals surface area contributed by atoms with Gasteiger partial charge in [-0.1, -0.05) is 13.2 Å². The molecule has 0 radical (unpaired) electrons. The Balaban J connectivity index is 1.82. The van der Waals surface area contributed by atoms with E-state index in [0.717, 1.165) is 0 Å². The summed E-state index contributed by atoms with van der Waals surface area (Å²) in [5.41, 5.74) is -0.947. The van der Waals surface area contributed by atoms with Crippen LogP contribution in [-0.2, 0) is 28.7 Å². The van der Waals surface area contributed by atoms with Crippen LogP contribution in [0.1, 0.15) is 121 Å². The second-order valence-electron chi connectivity index (χ2n) is 14.3. The normalized spacial score (nSPS) is 21.9. The van der Waals surface area contributed by atoms with Gasteiger partial charge in [0.1, 0.15) is 12.2 Å². The van der Waals surface area contributed by atoms with E-state index in [2.05, 4.69) is 13.2 Å². The van der Waals surface area contributed by atoms with Crippen molar-refractivity contribution in [2.24, 2.45) is 0 Å². The molecule has 2 aliphatic rings. The summed E-state index contributed by atoms with van der Waals surface area (Å²) < 4.78 is 11.6. The Kier molecular flexibility index (Phi) is 10.1. The van der Waals surface area contributed by atoms with E-state index >= 15 is 0 Å². The van der Waals surface area contributed by atoms with Gasteiger partial charge in [-0.15, -0.1) is 0 Å². The summed E-state index contributed by atoms with van der Waals surface area (Å²) in [5, 5.41) is 0. The van der Waals surface area contributed by atoms with E-state index in [9.17, 15) is 19.2 Å². The summed E-state index contributed by atoms with van der Waals surface area (Å²) in [6.07, 6.45) is 3.13. The predicted molar refractivity (Wildman–Crippen MR) is 156 cm³/mol. The van der Waals surface area contributed by atoms with E-state index in [1.165, 1.54) is 0 Å². The number of likely N-dealkylation sites (tertiary alicyclic amines) is 2. The maximum Gasteiger partial charge on any atom is 0.306 e. The zero-order valence-corrected chi connectivity index (χ0v) is 26.6. The molecule has 2 heterocycles. The number of nitrogens with zero attached hydrogens (tertiary/aromatic N) is 2. The van der Waals surface area contributed by atoms with Crippen molar-refractivity contribution in [2.45, 2.75) is 155 Å². The molecule has 2 saturated heterocycles. The van der Waals surface area contributed by atoms with Gasteiger partial charge in [0.2, 0.25) is 11.8 Å². The predicted octanol–water partition coefficient (Wildman–Crippen LogP) is 5.88. The molecular weight excluding hydrogens is 508 g/mol. The first kappa shape index (κ1) is 33.6. The van der Waals surface area contributed by atoms with Crippen LogP contribution in [0.4, 0.5) is 0 Å². The van der Waals surface area contributed by atoms with Crippen molar-refractivity contribution in [3.05, 3.63) is 24.3 Å². The molecule has 0 atom stereocenters. The first-order valence-corrected chi connectivity index (χ1v) is 14.5. The Hall–Kier alpha value is -2.64. The average Bonchev–Trinajstić information content (AvgIpc) is 2.72. The number of esters is 2. The fourth-order valence-corrected chi connectivity index (χ4v) is 7.05. The minimum absolute atomic E-state index is 0.0790. The van der Waals surface area contributed by atoms with Gasteiger partial charge in [0.05, 0.1) is 0 Å². The van der Waals surface area contributed by atoms with Crippen LogP contribution in [0.2, 0.25) is 0 Å². The number of carbonyl (C=O) groups is 4. The van der Waals surface area contributed by atoms with Gasteiger partial charge in [-0.05, 0) is 82.1 Å². The number of hydrogen-bond acceptors (Lipinski definition) is 6. The minimum atomic E-state index is -0.483. The summed E-state index contributed by atoms with van der Waals surface area (Å²) >= 11 is 0. The third kappa shape index (κ3) is 7.97. The van der Waals surface area contributed by atoms with Crippen molar-refractivity contribution in [1.82, 2.24) is 9.80 Å². The molecule has 0 aromatic rings. The lowest BCUT2D eigenvalue weighted by Gasteiger charge is -2.55. The molecule has 0 saturated carbocycles. The highest BCUT2D eigenvalue weighted by atomic mass is 16.5. The Bertz CT molecular complexity index is 920. The van der Waals surface area contributed by atoms with Crippen LogP contribution in [0.3, 0.4) is 0 Å². The molecule has 40 heavy (non-hydrogen) atoms. The summed E-state index contributed by atoms with van der Waals surface area (Å²) in [6, 6.07) is 0. The summed E-state index contributed by atoms with van der Waals surface area (Å²) in [5.74, 6) is -0.736. The molecular formula is C32H52N2O6. The molecule has 0 aromatic carbocycles. The lowest BCUT2D eigenvalue weighted by molar-refractivity contribution is -0.168. The molecule has 2 fully saturated rings. The highest BCUT2D eigenvalue weighted by Crippen LogP contribution is 2.42. The zero-order chi connectivity index (χ0) is 30.8. The van der Waals surface area contributed by atoms with Gasteiger partial charge in [0, 0.05) is 71.8 Å². The smallest absolute Gasteiger partial charge is 0.306 e. The molecule has 0 N–H and O–H groups in total. The fraction of sp³-hybridized carbons (Fsp3) is 0.750. The summed E-state index contributed by atoms with van der Waals surface area (Å²) in [6.45, 7) is 27.0. The van der Waals surface area contributed by atoms with Crippen LogP contribution in [0.25, 0.3) is 0 Å². The molecule has 0 aliphatic carbocycles. The number of ether oxygens (including phenoxy) is 2. The van der Waals surface area contributed by atoms with Crippen molar-refractivity contribution in [2.75, 3.05) is 0 Å². The lowest BCUT2D eigenvalue weighted by atomic mass is 9.77. The summed E-state index contributed by atoms with van der Waals surface area (Å²) in [7, 11) is 0. The van der Waals surface area contributed by atoms with Gasteiger partial charge in [-0.3, -0.25) is 19.2 Å². The van der Waals surface area contributed by atoms with E-state index < -0.39 is 22.2 Å². The number of carbonyl (C=O) groups excluding carboxylic acids is 4. The molecule has 8 heteroatoms. The Labute approximate surface area is 241 Å². The Morgan fingerprint density at radius 1 is 0.600 bits per heavy atom. The molecule has 8 nitrogen and oxygen atoms in total. The van der Waals surface area contributed by atoms with Gasteiger partial charge in [0.15, 0.2) is 0 Å². The fourth-order valence-electron chi connectivity index (χ4n) is 7.05. The molecule has 0 bridgehead atoms. The Morgan fingerprint density at radius 3 is 1.07 bits per heavy atom. The maximum atomic E-state index is 12.8. The average molecular weight is 561 g/mol. The van der Waals surface area contributed by atoms with Crippen LogP contribution in [0, 0.1) is 0 Å². The highest BCUT2D eigenvalue weighted by Gasteiger charge is 2.50. The van der Waals surface area contributed by atoms with Crippen LogP contribution >= 0.6 is 0 Å². The maximum absolute atomic E-state index is 12.8. The largest absolute Gasteiger partial charge is 0.462 e. The quantitative estimate of drug-likeness (QED) is 0.199. The van der Waals surface area contributed by atoms with Crippen molar-refractivity contribution >= 4 is 23.8 Å². The molecule has 0 spiro atoms. The van der Waals surface area contributed by atoms with E-state index in [4.69, 9.17) is 9.47 Å². The van der Waals surface area contributed by atoms with Crippen LogP contribution in [0.5, 0.6) is 0 Å². The van der Waals surface area contributed by atoms with Crippen LogP contribution in [0.15, 0.2) is 24.3 Å². The highest BCUT2D eigenvalue weighted by molar-refractivity contribution is 5.94. The molecule has 2 amide bonds. The number of piperidine rings is 2. The third-order valence-corrected chi connectivity index (χ3v) is 8.07. The monoisotopic (exact) mass is 560 g/mol. The van der Waals surface area contributed by atoms with Gasteiger partial charge < -0.3 is 19.3 Å². The zero-order valence-electron chi connectivity index (χ0n) is 26.6. The number of rotatable bonds is 9. The first-order valence-electron chi connectivity index (χ1n) is 14.5. The Morgan fingerprint density at radius 2 is 0.850 bits per heavy atom. The van der Waals surface area contributed by atoms with Gasteiger partial charge in [-0.25, -0.2) is 0 Å².